The van der Waals surface area contributed by atoms with Gasteiger partial charge in [-0.1, -0.05) is 12.1 Å². The average molecular weight is 468 g/mol. The lowest BCUT2D eigenvalue weighted by Gasteiger charge is -2.17. The van der Waals surface area contributed by atoms with E-state index in [0.29, 0.717) is 5.56 Å². The van der Waals surface area contributed by atoms with Gasteiger partial charge in [0.05, 0.1) is 17.7 Å². The van der Waals surface area contributed by atoms with E-state index in [2.05, 4.69) is 4.72 Å². The van der Waals surface area contributed by atoms with Gasteiger partial charge in [0, 0.05) is 19.4 Å². The smallest absolute Gasteiger partial charge is 0.244 e. The van der Waals surface area contributed by atoms with Crippen molar-refractivity contribution in [2.24, 2.45) is 5.14 Å². The number of nitrogens with one attached hydrogen (secondary N) is 1. The largest absolute Gasteiger partial charge is 0.495 e. The van der Waals surface area contributed by atoms with Gasteiger partial charge < -0.3 is 4.74 Å². The Morgan fingerprint density at radius 1 is 1.00 bits per heavy atom. The average Bonchev–Trinajstić information content (AvgIpc) is 3.05. The van der Waals surface area contributed by atoms with E-state index in [1.54, 1.807) is 12.1 Å². The number of ether oxygens (including phenoxy) is 1. The molecule has 0 aromatic heterocycles. The first-order chi connectivity index (χ1) is 14.5. The van der Waals surface area contributed by atoms with Crippen LogP contribution in [0.3, 0.4) is 0 Å². The van der Waals surface area contributed by atoms with Gasteiger partial charge in [0.2, 0.25) is 31.9 Å². The molecule has 12 heteroatoms. The minimum atomic E-state index is -4.03. The maximum absolute atomic E-state index is 12.8. The number of amides is 2. The fraction of sp³-hybridized carbons (Fsp3) is 0.263. The Morgan fingerprint density at radius 3 is 2.16 bits per heavy atom. The first-order valence-corrected chi connectivity index (χ1v) is 12.2. The Balaban J connectivity index is 1.77. The number of hydrogen-bond acceptors (Lipinski definition) is 7. The molecule has 0 radical (unpaired) electrons. The van der Waals surface area contributed by atoms with E-state index < -0.39 is 31.9 Å². The summed E-state index contributed by atoms with van der Waals surface area (Å²) in [6.45, 7) is 0.0199. The third-order valence-corrected chi connectivity index (χ3v) is 7.12. The molecule has 3 rings (SSSR count). The Morgan fingerprint density at radius 2 is 1.61 bits per heavy atom. The number of hydrogen-bond donors (Lipinski definition) is 2. The zero-order valence-corrected chi connectivity index (χ0v) is 18.2. The van der Waals surface area contributed by atoms with Crippen LogP contribution < -0.4 is 19.5 Å². The number of benzene rings is 2. The number of imide groups is 1. The van der Waals surface area contributed by atoms with Gasteiger partial charge in [-0.3, -0.25) is 14.5 Å². The first-order valence-electron chi connectivity index (χ1n) is 9.18. The summed E-state index contributed by atoms with van der Waals surface area (Å²) in [5.74, 6) is -0.725. The molecule has 3 N–H and O–H groups in total. The monoisotopic (exact) mass is 467 g/mol. The van der Waals surface area contributed by atoms with Gasteiger partial charge in [0.15, 0.2) is 0 Å². The van der Waals surface area contributed by atoms with Crippen LogP contribution in [-0.2, 0) is 36.1 Å². The van der Waals surface area contributed by atoms with Crippen LogP contribution in [0.1, 0.15) is 18.4 Å². The highest BCUT2D eigenvalue weighted by Crippen LogP contribution is 2.31. The zero-order valence-electron chi connectivity index (χ0n) is 16.6. The number of primary sulfonamides is 1. The summed E-state index contributed by atoms with van der Waals surface area (Å²) < 4.78 is 55.9. The second-order valence-corrected chi connectivity index (χ2v) is 10.1. The van der Waals surface area contributed by atoms with Crippen LogP contribution in [0.25, 0.3) is 0 Å². The predicted octanol–water partition coefficient (Wildman–Crippen LogP) is 0.517. The topological polar surface area (TPSA) is 153 Å². The Labute approximate surface area is 180 Å². The number of sulfonamides is 2. The molecule has 0 spiro atoms. The molecule has 1 heterocycles. The van der Waals surface area contributed by atoms with Crippen LogP contribution >= 0.6 is 0 Å². The maximum Gasteiger partial charge on any atom is 0.244 e. The summed E-state index contributed by atoms with van der Waals surface area (Å²) in [6, 6.07) is 9.83. The van der Waals surface area contributed by atoms with Gasteiger partial charge in [0.1, 0.15) is 10.6 Å². The number of carbonyl (C=O) groups excluding carboxylic acids is 2. The van der Waals surface area contributed by atoms with Gasteiger partial charge in [-0.05, 0) is 42.3 Å². The molecule has 0 atom stereocenters. The molecule has 2 amide bonds. The molecule has 1 aliphatic rings. The molecule has 31 heavy (non-hydrogen) atoms. The van der Waals surface area contributed by atoms with Crippen molar-refractivity contribution in [2.45, 2.75) is 29.1 Å². The van der Waals surface area contributed by atoms with Gasteiger partial charge in [-0.15, -0.1) is 0 Å². The summed E-state index contributed by atoms with van der Waals surface area (Å²) in [5.41, 5.74) is 0.858. The lowest BCUT2D eigenvalue weighted by Crippen LogP contribution is -2.30. The highest BCUT2D eigenvalue weighted by molar-refractivity contribution is 7.89. The molecule has 2 aromatic carbocycles. The Kier molecular flexibility index (Phi) is 6.46. The van der Waals surface area contributed by atoms with Crippen LogP contribution in [0.15, 0.2) is 52.3 Å². The van der Waals surface area contributed by atoms with Crippen LogP contribution in [-0.4, -0.2) is 42.3 Å². The van der Waals surface area contributed by atoms with E-state index in [1.165, 1.54) is 37.4 Å². The zero-order chi connectivity index (χ0) is 22.8. The third-order valence-electron chi connectivity index (χ3n) is 4.70. The quantitative estimate of drug-likeness (QED) is 0.537. The first kappa shape index (κ1) is 22.9. The fourth-order valence-electron chi connectivity index (χ4n) is 3.13. The third kappa shape index (κ3) is 5.10. The molecule has 0 unspecified atom stereocenters. The molecule has 2 aromatic rings. The van der Waals surface area contributed by atoms with Crippen molar-refractivity contribution in [3.63, 3.8) is 0 Å². The Bertz CT molecular complexity index is 1210. The van der Waals surface area contributed by atoms with E-state index >= 15 is 0 Å². The minimum Gasteiger partial charge on any atom is -0.495 e. The summed E-state index contributed by atoms with van der Waals surface area (Å²) in [6.07, 6.45) is 0.445. The number of carbonyl (C=O) groups is 2. The van der Waals surface area contributed by atoms with Crippen LogP contribution in [0.4, 0.5) is 5.69 Å². The summed E-state index contributed by atoms with van der Waals surface area (Å²) in [4.78, 5) is 24.7. The molecule has 1 aliphatic heterocycles. The standard InChI is InChI=1S/C19H21N3O7S2/c1-29-16-7-4-14(22-18(23)8-9-19(22)24)12-17(16)31(27,28)21-11-10-13-2-5-15(6-3-13)30(20,25)26/h2-7,12,21H,8-11H2,1H3,(H2,20,25,26). The van der Waals surface area contributed by atoms with Crippen molar-refractivity contribution in [2.75, 3.05) is 18.6 Å². The van der Waals surface area contributed by atoms with Gasteiger partial charge >= 0.3 is 0 Å². The highest BCUT2D eigenvalue weighted by atomic mass is 32.2. The van der Waals surface area contributed by atoms with Crippen LogP contribution in [0.2, 0.25) is 0 Å². The molecule has 1 fully saturated rings. The second-order valence-electron chi connectivity index (χ2n) is 6.79. The minimum absolute atomic E-state index is 0.0199. The van der Waals surface area contributed by atoms with Gasteiger partial charge in [0.25, 0.3) is 0 Å². The van der Waals surface area contributed by atoms with Crippen LogP contribution in [0.5, 0.6) is 5.75 Å². The summed E-state index contributed by atoms with van der Waals surface area (Å²) in [5, 5.41) is 5.05. The second kappa shape index (κ2) is 8.75. The SMILES string of the molecule is COc1ccc(N2C(=O)CCC2=O)cc1S(=O)(=O)NCCc1ccc(S(N)(=O)=O)cc1. The number of rotatable bonds is 8. The molecular formula is C19H21N3O7S2. The molecule has 0 aliphatic carbocycles. The predicted molar refractivity (Wildman–Crippen MR) is 111 cm³/mol. The summed E-state index contributed by atoms with van der Waals surface area (Å²) >= 11 is 0. The van der Waals surface area contributed by atoms with Gasteiger partial charge in [-0.25, -0.2) is 26.7 Å². The van der Waals surface area contributed by atoms with Crippen molar-refractivity contribution in [1.82, 2.24) is 4.72 Å². The van der Waals surface area contributed by atoms with E-state index in [9.17, 15) is 26.4 Å². The lowest BCUT2D eigenvalue weighted by atomic mass is 10.2. The highest BCUT2D eigenvalue weighted by Gasteiger charge is 2.32. The van der Waals surface area contributed by atoms with Crippen molar-refractivity contribution >= 4 is 37.5 Å². The number of methoxy groups -OCH3 is 1. The summed E-state index contributed by atoms with van der Waals surface area (Å²) in [7, 11) is -6.52. The van der Waals surface area contributed by atoms with E-state index in [-0.39, 0.29) is 47.0 Å². The fourth-order valence-corrected chi connectivity index (χ4v) is 4.87. The lowest BCUT2D eigenvalue weighted by molar-refractivity contribution is -0.121. The van der Waals surface area contributed by atoms with E-state index in [4.69, 9.17) is 9.88 Å². The molecule has 10 nitrogen and oxygen atoms in total. The van der Waals surface area contributed by atoms with Crippen LogP contribution in [0, 0.1) is 0 Å². The van der Waals surface area contributed by atoms with E-state index in [1.807, 2.05) is 0 Å². The van der Waals surface area contributed by atoms with Crippen molar-refractivity contribution in [1.29, 1.82) is 0 Å². The number of nitrogens with zero attached hydrogens (tertiary/aromatic N) is 1. The molecular weight excluding hydrogens is 446 g/mol. The van der Waals surface area contributed by atoms with Crippen molar-refractivity contribution in [3.05, 3.63) is 48.0 Å². The molecule has 1 saturated heterocycles. The molecule has 0 saturated carbocycles. The molecule has 0 bridgehead atoms. The number of anilines is 1. The number of nitrogens with two attached hydrogens (primary N) is 1. The van der Waals surface area contributed by atoms with Gasteiger partial charge in [-0.2, -0.15) is 0 Å². The normalized spacial score (nSPS) is 14.8. The Hall–Kier alpha value is -2.80. The molecule has 166 valence electrons. The van der Waals surface area contributed by atoms with E-state index in [0.717, 1.165) is 4.90 Å². The van der Waals surface area contributed by atoms with Crippen molar-refractivity contribution < 1.29 is 31.2 Å². The van der Waals surface area contributed by atoms with Crippen molar-refractivity contribution in [3.8, 4) is 5.75 Å². The maximum atomic E-state index is 12.8.